The standard InChI is InChI=1S/C10H18O3/c1-6-4-8(11)7(5-9(12)13)10(6,2)3/h6-8,11H,4-5H2,1-3H3,(H,12,13). The fourth-order valence-electron chi connectivity index (χ4n) is 2.28. The molecule has 13 heavy (non-hydrogen) atoms. The van der Waals surface area contributed by atoms with Crippen molar-refractivity contribution in [2.75, 3.05) is 0 Å². The lowest BCUT2D eigenvalue weighted by molar-refractivity contribution is -0.140. The fraction of sp³-hybridized carbons (Fsp3) is 0.900. The van der Waals surface area contributed by atoms with E-state index < -0.39 is 12.1 Å². The summed E-state index contributed by atoms with van der Waals surface area (Å²) in [5, 5.41) is 18.4. The first-order valence-corrected chi connectivity index (χ1v) is 4.75. The van der Waals surface area contributed by atoms with Crippen molar-refractivity contribution in [3.05, 3.63) is 0 Å². The van der Waals surface area contributed by atoms with Gasteiger partial charge in [0.25, 0.3) is 0 Å². The number of carboxylic acid groups (broad SMARTS) is 1. The zero-order chi connectivity index (χ0) is 10.2. The van der Waals surface area contributed by atoms with Gasteiger partial charge in [-0.2, -0.15) is 0 Å². The van der Waals surface area contributed by atoms with Crippen LogP contribution < -0.4 is 0 Å². The predicted molar refractivity (Wildman–Crippen MR) is 49.3 cm³/mol. The van der Waals surface area contributed by atoms with Gasteiger partial charge in [-0.15, -0.1) is 0 Å². The third-order valence-corrected chi connectivity index (χ3v) is 3.68. The Labute approximate surface area is 78.8 Å². The largest absolute Gasteiger partial charge is 0.481 e. The Bertz CT molecular complexity index is 210. The first-order valence-electron chi connectivity index (χ1n) is 4.75. The van der Waals surface area contributed by atoms with Crippen molar-refractivity contribution >= 4 is 5.97 Å². The maximum atomic E-state index is 10.6. The smallest absolute Gasteiger partial charge is 0.303 e. The van der Waals surface area contributed by atoms with Gasteiger partial charge in [-0.3, -0.25) is 4.79 Å². The summed E-state index contributed by atoms with van der Waals surface area (Å²) in [4.78, 5) is 10.6. The molecule has 1 rings (SSSR count). The number of carboxylic acids is 1. The first kappa shape index (κ1) is 10.5. The van der Waals surface area contributed by atoms with Crippen molar-refractivity contribution in [1.29, 1.82) is 0 Å². The minimum absolute atomic E-state index is 0.0577. The summed E-state index contributed by atoms with van der Waals surface area (Å²) in [5.74, 6) is -0.516. The normalized spacial score (nSPS) is 37.7. The number of carbonyl (C=O) groups is 1. The quantitative estimate of drug-likeness (QED) is 0.687. The Kier molecular flexibility index (Phi) is 2.66. The third kappa shape index (κ3) is 1.85. The van der Waals surface area contributed by atoms with Crippen molar-refractivity contribution < 1.29 is 15.0 Å². The molecular weight excluding hydrogens is 168 g/mol. The van der Waals surface area contributed by atoms with Crippen molar-refractivity contribution in [3.8, 4) is 0 Å². The summed E-state index contributed by atoms with van der Waals surface area (Å²) in [6.45, 7) is 6.16. The molecule has 3 heteroatoms. The Morgan fingerprint density at radius 2 is 2.08 bits per heavy atom. The number of aliphatic hydroxyl groups excluding tert-OH is 1. The van der Waals surface area contributed by atoms with Gasteiger partial charge in [-0.05, 0) is 17.8 Å². The highest BCUT2D eigenvalue weighted by Crippen LogP contribution is 2.48. The van der Waals surface area contributed by atoms with E-state index in [0.717, 1.165) is 6.42 Å². The maximum absolute atomic E-state index is 10.6. The molecular formula is C10H18O3. The van der Waals surface area contributed by atoms with Crippen LogP contribution in [-0.4, -0.2) is 22.3 Å². The van der Waals surface area contributed by atoms with Crippen LogP contribution in [0.3, 0.4) is 0 Å². The molecule has 1 saturated carbocycles. The summed E-state index contributed by atoms with van der Waals surface area (Å²) in [5.41, 5.74) is -0.0577. The molecule has 76 valence electrons. The lowest BCUT2D eigenvalue weighted by Crippen LogP contribution is -2.29. The molecule has 0 aromatic rings. The van der Waals surface area contributed by atoms with Gasteiger partial charge in [0.1, 0.15) is 0 Å². The highest BCUT2D eigenvalue weighted by atomic mass is 16.4. The second-order valence-corrected chi connectivity index (χ2v) is 4.73. The van der Waals surface area contributed by atoms with E-state index in [4.69, 9.17) is 5.11 Å². The molecule has 0 heterocycles. The molecule has 1 aliphatic carbocycles. The molecule has 3 unspecified atom stereocenters. The van der Waals surface area contributed by atoms with Gasteiger partial charge in [0.05, 0.1) is 12.5 Å². The summed E-state index contributed by atoms with van der Waals surface area (Å²) in [6.07, 6.45) is 0.366. The average molecular weight is 186 g/mol. The summed E-state index contributed by atoms with van der Waals surface area (Å²) in [7, 11) is 0. The van der Waals surface area contributed by atoms with Gasteiger partial charge in [0.2, 0.25) is 0 Å². The predicted octanol–water partition coefficient (Wildman–Crippen LogP) is 1.50. The lowest BCUT2D eigenvalue weighted by Gasteiger charge is -2.30. The number of hydrogen-bond donors (Lipinski definition) is 2. The monoisotopic (exact) mass is 186 g/mol. The SMILES string of the molecule is CC1CC(O)C(CC(=O)O)C1(C)C. The van der Waals surface area contributed by atoms with Crippen molar-refractivity contribution in [2.24, 2.45) is 17.3 Å². The molecule has 1 aliphatic rings. The van der Waals surface area contributed by atoms with Crippen LogP contribution in [0.5, 0.6) is 0 Å². The second kappa shape index (κ2) is 3.29. The molecule has 0 aromatic carbocycles. The van der Waals surface area contributed by atoms with Crippen LogP contribution in [0.1, 0.15) is 33.6 Å². The molecule has 0 radical (unpaired) electrons. The van der Waals surface area contributed by atoms with E-state index in [2.05, 4.69) is 6.92 Å². The van der Waals surface area contributed by atoms with Crippen molar-refractivity contribution in [1.82, 2.24) is 0 Å². The van der Waals surface area contributed by atoms with Gasteiger partial charge >= 0.3 is 5.97 Å². The fourth-order valence-corrected chi connectivity index (χ4v) is 2.28. The minimum atomic E-state index is -0.814. The van der Waals surface area contributed by atoms with Gasteiger partial charge < -0.3 is 10.2 Å². The van der Waals surface area contributed by atoms with Crippen LogP contribution in [0, 0.1) is 17.3 Å². The van der Waals surface area contributed by atoms with Gasteiger partial charge in [-0.25, -0.2) is 0 Å². The zero-order valence-corrected chi connectivity index (χ0v) is 8.45. The molecule has 2 N–H and O–H groups in total. The van der Waals surface area contributed by atoms with E-state index in [9.17, 15) is 9.90 Å². The van der Waals surface area contributed by atoms with E-state index in [-0.39, 0.29) is 17.8 Å². The molecule has 0 aromatic heterocycles. The maximum Gasteiger partial charge on any atom is 0.303 e. The van der Waals surface area contributed by atoms with E-state index in [1.807, 2.05) is 13.8 Å². The third-order valence-electron chi connectivity index (χ3n) is 3.68. The molecule has 0 saturated heterocycles. The second-order valence-electron chi connectivity index (χ2n) is 4.73. The Hall–Kier alpha value is -0.570. The topological polar surface area (TPSA) is 57.5 Å². The van der Waals surface area contributed by atoms with Gasteiger partial charge in [0.15, 0.2) is 0 Å². The molecule has 1 fully saturated rings. The van der Waals surface area contributed by atoms with Crippen LogP contribution in [0.15, 0.2) is 0 Å². The van der Waals surface area contributed by atoms with Gasteiger partial charge in [-0.1, -0.05) is 20.8 Å². The Morgan fingerprint density at radius 3 is 2.38 bits per heavy atom. The molecule has 0 bridgehead atoms. The van der Waals surface area contributed by atoms with Crippen LogP contribution in [0.25, 0.3) is 0 Å². The van der Waals surface area contributed by atoms with E-state index in [1.165, 1.54) is 0 Å². The Balaban J connectivity index is 2.76. The highest BCUT2D eigenvalue weighted by Gasteiger charge is 2.46. The first-order chi connectivity index (χ1) is 5.85. The van der Waals surface area contributed by atoms with Crippen molar-refractivity contribution in [3.63, 3.8) is 0 Å². The molecule has 0 spiro atoms. The summed E-state index contributed by atoms with van der Waals surface area (Å²) >= 11 is 0. The molecule has 3 atom stereocenters. The molecule has 0 amide bonds. The number of rotatable bonds is 2. The summed E-state index contributed by atoms with van der Waals surface area (Å²) in [6, 6.07) is 0. The van der Waals surface area contributed by atoms with E-state index in [0.29, 0.717) is 5.92 Å². The van der Waals surface area contributed by atoms with Crippen LogP contribution in [0.2, 0.25) is 0 Å². The zero-order valence-electron chi connectivity index (χ0n) is 8.45. The van der Waals surface area contributed by atoms with Crippen LogP contribution >= 0.6 is 0 Å². The Morgan fingerprint density at radius 1 is 1.54 bits per heavy atom. The summed E-state index contributed by atoms with van der Waals surface area (Å²) < 4.78 is 0. The minimum Gasteiger partial charge on any atom is -0.481 e. The number of aliphatic hydroxyl groups is 1. The van der Waals surface area contributed by atoms with Crippen LogP contribution in [-0.2, 0) is 4.79 Å². The number of hydrogen-bond acceptors (Lipinski definition) is 2. The van der Waals surface area contributed by atoms with E-state index >= 15 is 0 Å². The molecule has 3 nitrogen and oxygen atoms in total. The van der Waals surface area contributed by atoms with E-state index in [1.54, 1.807) is 0 Å². The highest BCUT2D eigenvalue weighted by molar-refractivity contribution is 5.67. The van der Waals surface area contributed by atoms with Crippen molar-refractivity contribution in [2.45, 2.75) is 39.7 Å². The average Bonchev–Trinajstić information content (AvgIpc) is 2.13. The van der Waals surface area contributed by atoms with Crippen LogP contribution in [0.4, 0.5) is 0 Å². The molecule has 0 aliphatic heterocycles. The lowest BCUT2D eigenvalue weighted by atomic mass is 9.74. The number of aliphatic carboxylic acids is 1. The van der Waals surface area contributed by atoms with Gasteiger partial charge in [0, 0.05) is 5.92 Å².